The van der Waals surface area contributed by atoms with Crippen molar-refractivity contribution in [3.63, 3.8) is 0 Å². The van der Waals surface area contributed by atoms with E-state index in [2.05, 4.69) is 4.98 Å². The molecule has 0 saturated heterocycles. The van der Waals surface area contributed by atoms with Crippen molar-refractivity contribution < 1.29 is 14.2 Å². The molecule has 0 bridgehead atoms. The SMILES string of the molecule is COc1ccc(-c2ccc[nH]2)c(OC)c1OC. The van der Waals surface area contributed by atoms with E-state index in [1.54, 1.807) is 21.3 Å². The number of methoxy groups -OCH3 is 3. The van der Waals surface area contributed by atoms with Crippen molar-refractivity contribution in [1.29, 1.82) is 0 Å². The molecule has 17 heavy (non-hydrogen) atoms. The van der Waals surface area contributed by atoms with E-state index in [1.165, 1.54) is 0 Å². The van der Waals surface area contributed by atoms with Crippen molar-refractivity contribution in [3.8, 4) is 28.5 Å². The van der Waals surface area contributed by atoms with Gasteiger partial charge in [-0.2, -0.15) is 0 Å². The van der Waals surface area contributed by atoms with Gasteiger partial charge >= 0.3 is 0 Å². The van der Waals surface area contributed by atoms with Crippen LogP contribution in [0.15, 0.2) is 30.5 Å². The standard InChI is InChI=1S/C13H15NO3/c1-15-11-7-6-9(10-5-4-8-14-10)12(16-2)13(11)17-3/h4-8,14H,1-3H3. The van der Waals surface area contributed by atoms with E-state index in [0.717, 1.165) is 11.3 Å². The highest BCUT2D eigenvalue weighted by Crippen LogP contribution is 2.43. The van der Waals surface area contributed by atoms with Gasteiger partial charge in [0.15, 0.2) is 11.5 Å². The molecule has 0 fully saturated rings. The number of hydrogen-bond acceptors (Lipinski definition) is 3. The Morgan fingerprint density at radius 2 is 1.65 bits per heavy atom. The molecule has 4 nitrogen and oxygen atoms in total. The third kappa shape index (κ3) is 1.93. The number of hydrogen-bond donors (Lipinski definition) is 1. The summed E-state index contributed by atoms with van der Waals surface area (Å²) < 4.78 is 16.0. The molecule has 1 N–H and O–H groups in total. The number of nitrogens with one attached hydrogen (secondary N) is 1. The predicted octanol–water partition coefficient (Wildman–Crippen LogP) is 2.71. The highest BCUT2D eigenvalue weighted by molar-refractivity contribution is 5.74. The second-order valence-corrected chi connectivity index (χ2v) is 3.47. The van der Waals surface area contributed by atoms with Gasteiger partial charge in [-0.05, 0) is 24.3 Å². The first-order valence-corrected chi connectivity index (χ1v) is 5.24. The maximum absolute atomic E-state index is 5.41. The molecule has 0 amide bonds. The van der Waals surface area contributed by atoms with Crippen LogP contribution in [0.1, 0.15) is 0 Å². The maximum Gasteiger partial charge on any atom is 0.203 e. The Hall–Kier alpha value is -2.10. The van der Waals surface area contributed by atoms with Crippen molar-refractivity contribution in [2.75, 3.05) is 21.3 Å². The summed E-state index contributed by atoms with van der Waals surface area (Å²) in [5.74, 6) is 1.91. The summed E-state index contributed by atoms with van der Waals surface area (Å²) in [4.78, 5) is 3.14. The second kappa shape index (κ2) is 4.82. The first-order chi connectivity index (χ1) is 8.31. The second-order valence-electron chi connectivity index (χ2n) is 3.47. The lowest BCUT2D eigenvalue weighted by molar-refractivity contribution is 0.325. The molecule has 90 valence electrons. The van der Waals surface area contributed by atoms with Crippen molar-refractivity contribution >= 4 is 0 Å². The van der Waals surface area contributed by atoms with Crippen LogP contribution in [0.4, 0.5) is 0 Å². The summed E-state index contributed by atoms with van der Waals surface area (Å²) >= 11 is 0. The van der Waals surface area contributed by atoms with Crippen LogP contribution >= 0.6 is 0 Å². The Morgan fingerprint density at radius 1 is 0.882 bits per heavy atom. The summed E-state index contributed by atoms with van der Waals surface area (Å²) in [6.45, 7) is 0. The van der Waals surface area contributed by atoms with Crippen LogP contribution < -0.4 is 14.2 Å². The van der Waals surface area contributed by atoms with E-state index in [4.69, 9.17) is 14.2 Å². The van der Waals surface area contributed by atoms with Crippen LogP contribution in [0.3, 0.4) is 0 Å². The summed E-state index contributed by atoms with van der Waals surface area (Å²) in [5, 5.41) is 0. The highest BCUT2D eigenvalue weighted by atomic mass is 16.5. The molecule has 2 rings (SSSR count). The van der Waals surface area contributed by atoms with Crippen molar-refractivity contribution in [3.05, 3.63) is 30.5 Å². The molecular weight excluding hydrogens is 218 g/mol. The van der Waals surface area contributed by atoms with Crippen LogP contribution in [0, 0.1) is 0 Å². The molecule has 0 aliphatic heterocycles. The van der Waals surface area contributed by atoms with Crippen molar-refractivity contribution in [2.45, 2.75) is 0 Å². The first-order valence-electron chi connectivity index (χ1n) is 5.24. The van der Waals surface area contributed by atoms with Crippen molar-refractivity contribution in [1.82, 2.24) is 4.98 Å². The van der Waals surface area contributed by atoms with Gasteiger partial charge in [0.05, 0.1) is 21.3 Å². The fourth-order valence-corrected chi connectivity index (χ4v) is 1.81. The Balaban J connectivity index is 2.61. The van der Waals surface area contributed by atoms with Gasteiger partial charge in [0.25, 0.3) is 0 Å². The monoisotopic (exact) mass is 233 g/mol. The van der Waals surface area contributed by atoms with Crippen LogP contribution in [-0.2, 0) is 0 Å². The molecule has 0 aliphatic rings. The van der Waals surface area contributed by atoms with Crippen LogP contribution in [-0.4, -0.2) is 26.3 Å². The minimum Gasteiger partial charge on any atom is -0.493 e. The van der Waals surface area contributed by atoms with Gasteiger partial charge in [0, 0.05) is 17.5 Å². The average molecular weight is 233 g/mol. The fourth-order valence-electron chi connectivity index (χ4n) is 1.81. The highest BCUT2D eigenvalue weighted by Gasteiger charge is 2.16. The number of aromatic nitrogens is 1. The third-order valence-electron chi connectivity index (χ3n) is 2.59. The maximum atomic E-state index is 5.41. The summed E-state index contributed by atoms with van der Waals surface area (Å²) in [6.07, 6.45) is 1.87. The van der Waals surface area contributed by atoms with Crippen LogP contribution in [0.25, 0.3) is 11.3 Å². The van der Waals surface area contributed by atoms with Gasteiger partial charge in [-0.25, -0.2) is 0 Å². The summed E-state index contributed by atoms with van der Waals surface area (Å²) in [6, 6.07) is 7.71. The van der Waals surface area contributed by atoms with Crippen LogP contribution in [0.5, 0.6) is 17.2 Å². The van der Waals surface area contributed by atoms with Gasteiger partial charge in [-0.3, -0.25) is 0 Å². The molecule has 0 aliphatic carbocycles. The van der Waals surface area contributed by atoms with Gasteiger partial charge < -0.3 is 19.2 Å². The average Bonchev–Trinajstić information content (AvgIpc) is 2.90. The largest absolute Gasteiger partial charge is 0.493 e. The van der Waals surface area contributed by atoms with E-state index < -0.39 is 0 Å². The third-order valence-corrected chi connectivity index (χ3v) is 2.59. The molecule has 0 radical (unpaired) electrons. The smallest absolute Gasteiger partial charge is 0.203 e. The molecule has 1 heterocycles. The Labute approximate surface area is 100 Å². The topological polar surface area (TPSA) is 43.5 Å². The minimum atomic E-state index is 0.599. The quantitative estimate of drug-likeness (QED) is 0.883. The lowest BCUT2D eigenvalue weighted by Crippen LogP contribution is -1.96. The number of H-pyrrole nitrogens is 1. The Morgan fingerprint density at radius 3 is 2.18 bits per heavy atom. The number of rotatable bonds is 4. The molecule has 2 aromatic rings. The van der Waals surface area contributed by atoms with Gasteiger partial charge in [0.1, 0.15) is 0 Å². The van der Waals surface area contributed by atoms with E-state index in [1.807, 2.05) is 30.5 Å². The first kappa shape index (κ1) is 11.4. The van der Waals surface area contributed by atoms with Crippen LogP contribution in [0.2, 0.25) is 0 Å². The molecule has 0 saturated carbocycles. The Kier molecular flexibility index (Phi) is 3.23. The molecule has 0 spiro atoms. The molecule has 0 unspecified atom stereocenters. The van der Waals surface area contributed by atoms with Gasteiger partial charge in [-0.15, -0.1) is 0 Å². The molecule has 4 heteroatoms. The van der Waals surface area contributed by atoms with Gasteiger partial charge in [0.2, 0.25) is 5.75 Å². The zero-order valence-corrected chi connectivity index (χ0v) is 10.1. The lowest BCUT2D eigenvalue weighted by Gasteiger charge is -2.14. The van der Waals surface area contributed by atoms with E-state index in [9.17, 15) is 0 Å². The molecule has 0 atom stereocenters. The normalized spacial score (nSPS) is 10.1. The lowest BCUT2D eigenvalue weighted by atomic mass is 10.1. The van der Waals surface area contributed by atoms with Gasteiger partial charge in [-0.1, -0.05) is 0 Å². The van der Waals surface area contributed by atoms with E-state index >= 15 is 0 Å². The van der Waals surface area contributed by atoms with E-state index in [0.29, 0.717) is 17.2 Å². The molecule has 1 aromatic carbocycles. The fraction of sp³-hybridized carbons (Fsp3) is 0.231. The number of aromatic amines is 1. The van der Waals surface area contributed by atoms with E-state index in [-0.39, 0.29) is 0 Å². The number of ether oxygens (including phenoxy) is 3. The number of benzene rings is 1. The molecule has 1 aromatic heterocycles. The zero-order valence-electron chi connectivity index (χ0n) is 10.1. The summed E-state index contributed by atoms with van der Waals surface area (Å²) in [7, 11) is 4.81. The predicted molar refractivity (Wildman–Crippen MR) is 65.9 cm³/mol. The van der Waals surface area contributed by atoms with Crippen molar-refractivity contribution in [2.24, 2.45) is 0 Å². The minimum absolute atomic E-state index is 0.599. The molecular formula is C13H15NO3. The Bertz CT molecular complexity index is 492. The zero-order chi connectivity index (χ0) is 12.3. The summed E-state index contributed by atoms with van der Waals surface area (Å²) in [5.41, 5.74) is 1.91.